The summed E-state index contributed by atoms with van der Waals surface area (Å²) >= 11 is 5.67. The third-order valence-corrected chi connectivity index (χ3v) is 3.01. The fourth-order valence-electron chi connectivity index (χ4n) is 1.05. The first-order valence-electron chi connectivity index (χ1n) is 4.69. The number of carbonyl (C=O) groups excluding carboxylic acids is 2. The Labute approximate surface area is 114 Å². The molecular weight excluding hydrogens is 311 g/mol. The van der Waals surface area contributed by atoms with Gasteiger partial charge in [0.25, 0.3) is 0 Å². The van der Waals surface area contributed by atoms with Crippen LogP contribution in [0.25, 0.3) is 0 Å². The van der Waals surface area contributed by atoms with Crippen molar-refractivity contribution in [2.75, 3.05) is 7.11 Å². The first-order valence-corrected chi connectivity index (χ1v) is 5.88. The average Bonchev–Trinajstić information content (AvgIpc) is 2.70. The van der Waals surface area contributed by atoms with Gasteiger partial charge in [-0.3, -0.25) is 0 Å². The van der Waals surface area contributed by atoms with E-state index >= 15 is 0 Å². The van der Waals surface area contributed by atoms with E-state index in [0.29, 0.717) is 11.3 Å². The van der Waals surface area contributed by atoms with Gasteiger partial charge in [-0.15, -0.1) is 0 Å². The van der Waals surface area contributed by atoms with E-state index in [1.54, 1.807) is 0 Å². The number of rotatable bonds is 3. The molecule has 0 saturated heterocycles. The summed E-state index contributed by atoms with van der Waals surface area (Å²) in [5, 5.41) is 0. The molecule has 10 heteroatoms. The van der Waals surface area contributed by atoms with Crippen LogP contribution in [0.4, 0.5) is 13.2 Å². The van der Waals surface area contributed by atoms with Crippen molar-refractivity contribution in [1.82, 2.24) is 4.98 Å². The number of hydrogen-bond acceptors (Lipinski definition) is 6. The maximum absolute atomic E-state index is 12.6. The van der Waals surface area contributed by atoms with Crippen molar-refractivity contribution < 1.29 is 32.2 Å². The normalized spacial score (nSPS) is 12.9. The highest BCUT2D eigenvalue weighted by Crippen LogP contribution is 2.36. The lowest BCUT2D eigenvalue weighted by molar-refractivity contribution is -0.149. The summed E-state index contributed by atoms with van der Waals surface area (Å²) in [6.07, 6.45) is -6.17. The van der Waals surface area contributed by atoms with Gasteiger partial charge in [0, 0.05) is 0 Å². The number of hydrogen-bond donors (Lipinski definition) is 0. The van der Waals surface area contributed by atoms with Crippen LogP contribution in [0.1, 0.15) is 22.3 Å². The molecule has 0 N–H and O–H groups in total. The van der Waals surface area contributed by atoms with Gasteiger partial charge in [0.05, 0.1) is 7.11 Å². The molecule has 1 atom stereocenters. The summed E-state index contributed by atoms with van der Waals surface area (Å²) in [5.41, 5.74) is -1.44. The monoisotopic (exact) mass is 317 g/mol. The summed E-state index contributed by atoms with van der Waals surface area (Å²) < 4.78 is 46.1. The molecule has 1 unspecified atom stereocenters. The Morgan fingerprint density at radius 2 is 2.00 bits per heavy atom. The zero-order valence-electron chi connectivity index (χ0n) is 9.58. The van der Waals surface area contributed by atoms with E-state index in [4.69, 9.17) is 11.6 Å². The lowest BCUT2D eigenvalue weighted by Crippen LogP contribution is -2.26. The van der Waals surface area contributed by atoms with Gasteiger partial charge >= 0.3 is 18.1 Å². The first kappa shape index (κ1) is 15.7. The zero-order valence-corrected chi connectivity index (χ0v) is 11.2. The number of thiazole rings is 1. The third kappa shape index (κ3) is 3.80. The van der Waals surface area contributed by atoms with Crippen LogP contribution in [0.15, 0.2) is 0 Å². The highest BCUT2D eigenvalue weighted by atomic mass is 35.5. The number of aromatic nitrogens is 1. The third-order valence-electron chi connectivity index (χ3n) is 1.87. The van der Waals surface area contributed by atoms with Crippen molar-refractivity contribution in [2.45, 2.75) is 19.2 Å². The van der Waals surface area contributed by atoms with Crippen LogP contribution < -0.4 is 0 Å². The quantitative estimate of drug-likeness (QED) is 0.802. The SMILES string of the molecule is COC(=O)C(C)OC(=O)c1sc(Cl)nc1C(F)(F)F. The minimum absolute atomic E-state index is 0.318. The summed E-state index contributed by atoms with van der Waals surface area (Å²) in [6, 6.07) is 0. The lowest BCUT2D eigenvalue weighted by atomic mass is 10.3. The smallest absolute Gasteiger partial charge is 0.435 e. The van der Waals surface area contributed by atoms with Crippen molar-refractivity contribution >= 4 is 34.9 Å². The summed E-state index contributed by atoms with van der Waals surface area (Å²) in [4.78, 5) is 24.7. The Morgan fingerprint density at radius 3 is 2.47 bits per heavy atom. The number of nitrogens with zero attached hydrogens (tertiary/aromatic N) is 1. The van der Waals surface area contributed by atoms with Gasteiger partial charge < -0.3 is 9.47 Å². The van der Waals surface area contributed by atoms with Crippen LogP contribution in [0.5, 0.6) is 0 Å². The van der Waals surface area contributed by atoms with E-state index in [9.17, 15) is 22.8 Å². The molecule has 1 aromatic rings. The molecule has 0 radical (unpaired) electrons. The van der Waals surface area contributed by atoms with E-state index in [2.05, 4.69) is 14.5 Å². The van der Waals surface area contributed by atoms with Crippen molar-refractivity contribution in [3.05, 3.63) is 15.0 Å². The van der Waals surface area contributed by atoms with Crippen LogP contribution in [-0.4, -0.2) is 30.1 Å². The van der Waals surface area contributed by atoms with Gasteiger partial charge in [0.2, 0.25) is 0 Å². The molecule has 0 fully saturated rings. The largest absolute Gasteiger partial charge is 0.466 e. The number of halogens is 4. The molecule has 0 amide bonds. The van der Waals surface area contributed by atoms with E-state index < -0.39 is 39.3 Å². The number of ether oxygens (including phenoxy) is 2. The summed E-state index contributed by atoms with van der Waals surface area (Å²) in [7, 11) is 1.05. The van der Waals surface area contributed by atoms with E-state index in [0.717, 1.165) is 7.11 Å². The zero-order chi connectivity index (χ0) is 14.8. The molecule has 0 spiro atoms. The molecule has 1 heterocycles. The first-order chi connectivity index (χ1) is 8.66. The van der Waals surface area contributed by atoms with Gasteiger partial charge in [-0.05, 0) is 6.92 Å². The van der Waals surface area contributed by atoms with E-state index in [1.807, 2.05) is 0 Å². The number of carbonyl (C=O) groups is 2. The van der Waals surface area contributed by atoms with Crippen LogP contribution in [0.2, 0.25) is 4.47 Å². The number of methoxy groups -OCH3 is 1. The second-order valence-corrected chi connectivity index (χ2v) is 4.79. The van der Waals surface area contributed by atoms with Crippen LogP contribution in [-0.2, 0) is 20.4 Å². The number of esters is 2. The minimum Gasteiger partial charge on any atom is -0.466 e. The minimum atomic E-state index is -4.84. The van der Waals surface area contributed by atoms with Crippen molar-refractivity contribution in [3.8, 4) is 0 Å². The molecule has 0 aliphatic heterocycles. The van der Waals surface area contributed by atoms with E-state index in [1.165, 1.54) is 6.92 Å². The van der Waals surface area contributed by atoms with Crippen molar-refractivity contribution in [1.29, 1.82) is 0 Å². The maximum Gasteiger partial charge on any atom is 0.435 e. The maximum atomic E-state index is 12.6. The molecule has 1 aromatic heterocycles. The molecule has 19 heavy (non-hydrogen) atoms. The average molecular weight is 318 g/mol. The molecule has 5 nitrogen and oxygen atoms in total. The Balaban J connectivity index is 2.98. The highest BCUT2D eigenvalue weighted by Gasteiger charge is 2.40. The number of alkyl halides is 3. The highest BCUT2D eigenvalue weighted by molar-refractivity contribution is 7.17. The van der Waals surface area contributed by atoms with Gasteiger partial charge in [-0.25, -0.2) is 14.6 Å². The Kier molecular flexibility index (Phi) is 4.75. The standard InChI is InChI=1S/C9H7ClF3NO4S/c1-3(6(15)17-2)18-7(16)4-5(9(11,12)13)14-8(10)19-4/h3H,1-2H3. The van der Waals surface area contributed by atoms with Gasteiger partial charge in [-0.1, -0.05) is 22.9 Å². The molecular formula is C9H7ClF3NO4S. The summed E-state index contributed by atoms with van der Waals surface area (Å²) in [6.45, 7) is 1.17. The molecule has 0 saturated carbocycles. The second-order valence-electron chi connectivity index (χ2n) is 3.21. The second kappa shape index (κ2) is 5.74. The predicted octanol–water partition coefficient (Wildman–Crippen LogP) is 2.53. The Hall–Kier alpha value is -1.35. The van der Waals surface area contributed by atoms with Gasteiger partial charge in [0.15, 0.2) is 16.3 Å². The van der Waals surface area contributed by atoms with Crippen LogP contribution in [0.3, 0.4) is 0 Å². The summed E-state index contributed by atoms with van der Waals surface area (Å²) in [5.74, 6) is -2.23. The fraction of sp³-hybridized carbons (Fsp3) is 0.444. The predicted molar refractivity (Wildman–Crippen MR) is 59.0 cm³/mol. The van der Waals surface area contributed by atoms with E-state index in [-0.39, 0.29) is 0 Å². The van der Waals surface area contributed by atoms with Crippen molar-refractivity contribution in [3.63, 3.8) is 0 Å². The Bertz CT molecular complexity index is 502. The van der Waals surface area contributed by atoms with Crippen LogP contribution in [0, 0.1) is 0 Å². The molecule has 0 aliphatic carbocycles. The van der Waals surface area contributed by atoms with Crippen molar-refractivity contribution in [2.24, 2.45) is 0 Å². The fourth-order valence-corrected chi connectivity index (χ4v) is 2.06. The van der Waals surface area contributed by atoms with Crippen LogP contribution >= 0.6 is 22.9 Å². The topological polar surface area (TPSA) is 65.5 Å². The Morgan fingerprint density at radius 1 is 1.42 bits per heavy atom. The van der Waals surface area contributed by atoms with Gasteiger partial charge in [0.1, 0.15) is 4.88 Å². The molecule has 106 valence electrons. The molecule has 0 bridgehead atoms. The molecule has 0 aromatic carbocycles. The molecule has 0 aliphatic rings. The lowest BCUT2D eigenvalue weighted by Gasteiger charge is -2.11. The molecule has 1 rings (SSSR count). The van der Waals surface area contributed by atoms with Gasteiger partial charge in [-0.2, -0.15) is 13.2 Å².